The van der Waals surface area contributed by atoms with Crippen molar-refractivity contribution in [2.75, 3.05) is 19.0 Å². The van der Waals surface area contributed by atoms with E-state index in [1.165, 1.54) is 0 Å². The highest BCUT2D eigenvalue weighted by molar-refractivity contribution is 5.87. The van der Waals surface area contributed by atoms with E-state index in [0.29, 0.717) is 5.56 Å². The lowest BCUT2D eigenvalue weighted by molar-refractivity contribution is 0.474. The summed E-state index contributed by atoms with van der Waals surface area (Å²) in [6.07, 6.45) is 3.61. The van der Waals surface area contributed by atoms with Gasteiger partial charge in [-0.05, 0) is 36.4 Å². The average Bonchev–Trinajstić information content (AvgIpc) is 3.06. The first-order chi connectivity index (χ1) is 13.1. The third-order valence-corrected chi connectivity index (χ3v) is 4.42. The Balaban J connectivity index is 1.83. The van der Waals surface area contributed by atoms with Crippen LogP contribution in [-0.2, 0) is 0 Å². The molecule has 0 spiro atoms. The first kappa shape index (κ1) is 16.8. The number of aliphatic imine (C=N–C) groups is 1. The van der Waals surface area contributed by atoms with Gasteiger partial charge in [0.05, 0.1) is 0 Å². The molecule has 5 heteroatoms. The quantitative estimate of drug-likeness (QED) is 0.547. The summed E-state index contributed by atoms with van der Waals surface area (Å²) in [4.78, 5) is 11.5. The number of imidazole rings is 1. The minimum atomic E-state index is 0.201. The zero-order valence-corrected chi connectivity index (χ0v) is 15.2. The van der Waals surface area contributed by atoms with E-state index >= 15 is 0 Å². The van der Waals surface area contributed by atoms with Crippen LogP contribution in [0.25, 0.3) is 16.9 Å². The van der Waals surface area contributed by atoms with Crippen molar-refractivity contribution in [1.29, 1.82) is 0 Å². The van der Waals surface area contributed by atoms with Gasteiger partial charge in [-0.15, -0.1) is 0 Å². The van der Waals surface area contributed by atoms with E-state index in [9.17, 15) is 5.11 Å². The van der Waals surface area contributed by atoms with Crippen molar-refractivity contribution in [3.63, 3.8) is 0 Å². The Morgan fingerprint density at radius 3 is 2.44 bits per heavy atom. The van der Waals surface area contributed by atoms with Crippen LogP contribution in [0.15, 0.2) is 77.9 Å². The van der Waals surface area contributed by atoms with Crippen molar-refractivity contribution in [2.45, 2.75) is 0 Å². The number of hydrogen-bond donors (Lipinski definition) is 1. The molecule has 0 atom stereocenters. The molecule has 1 N–H and O–H groups in total. The molecule has 0 saturated carbocycles. The van der Waals surface area contributed by atoms with Crippen molar-refractivity contribution in [3.05, 3.63) is 78.5 Å². The second kappa shape index (κ2) is 6.96. The molecule has 2 heterocycles. The first-order valence-corrected chi connectivity index (χ1v) is 8.70. The number of phenols is 1. The number of aromatic hydroxyl groups is 1. The summed E-state index contributed by atoms with van der Waals surface area (Å²) < 4.78 is 1.95. The normalized spacial score (nSPS) is 11.3. The Hall–Kier alpha value is -3.60. The van der Waals surface area contributed by atoms with E-state index in [0.717, 1.165) is 28.4 Å². The van der Waals surface area contributed by atoms with Crippen LogP contribution in [0.5, 0.6) is 5.75 Å². The van der Waals surface area contributed by atoms with Crippen molar-refractivity contribution >= 4 is 23.4 Å². The Bertz CT molecular complexity index is 1110. The van der Waals surface area contributed by atoms with Crippen LogP contribution >= 0.6 is 0 Å². The maximum atomic E-state index is 10.0. The number of pyridine rings is 1. The number of phenolic OH excluding ortho intramolecular Hbond substituents is 1. The van der Waals surface area contributed by atoms with Crippen LogP contribution in [0.2, 0.25) is 0 Å². The summed E-state index contributed by atoms with van der Waals surface area (Å²) >= 11 is 0. The van der Waals surface area contributed by atoms with Gasteiger partial charge in [-0.2, -0.15) is 0 Å². The van der Waals surface area contributed by atoms with E-state index in [4.69, 9.17) is 4.98 Å². The van der Waals surface area contributed by atoms with E-state index in [2.05, 4.69) is 34.2 Å². The van der Waals surface area contributed by atoms with E-state index in [1.807, 2.05) is 55.0 Å². The Kier molecular flexibility index (Phi) is 4.34. The van der Waals surface area contributed by atoms with Crippen LogP contribution in [0.4, 0.5) is 11.5 Å². The molecule has 4 rings (SSSR count). The van der Waals surface area contributed by atoms with E-state index < -0.39 is 0 Å². The molecule has 0 aliphatic carbocycles. The number of anilines is 1. The highest BCUT2D eigenvalue weighted by Gasteiger charge is 2.13. The van der Waals surface area contributed by atoms with Crippen molar-refractivity contribution in [2.24, 2.45) is 4.99 Å². The second-order valence-electron chi connectivity index (χ2n) is 6.47. The molecule has 134 valence electrons. The van der Waals surface area contributed by atoms with Gasteiger partial charge < -0.3 is 10.0 Å². The molecule has 2 aromatic carbocycles. The first-order valence-electron chi connectivity index (χ1n) is 8.70. The smallest absolute Gasteiger partial charge is 0.165 e. The predicted molar refractivity (Wildman–Crippen MR) is 110 cm³/mol. The summed E-state index contributed by atoms with van der Waals surface area (Å²) in [5, 5.41) is 10.0. The van der Waals surface area contributed by atoms with Gasteiger partial charge in [-0.3, -0.25) is 4.40 Å². The summed E-state index contributed by atoms with van der Waals surface area (Å²) in [6, 6.07) is 21.2. The molecule has 0 aliphatic rings. The molecule has 0 saturated heterocycles. The standard InChI is InChI=1S/C22H20N4O/c1-25(2)18-12-10-16(11-13-18)21-22(26-14-6-5-9-20(26)24-21)23-15-17-7-3-4-8-19(17)27/h3-15,27H,1-2H3/b23-15+. The van der Waals surface area contributed by atoms with Crippen LogP contribution in [0, 0.1) is 0 Å². The lowest BCUT2D eigenvalue weighted by Gasteiger charge is -2.12. The van der Waals surface area contributed by atoms with E-state index in [1.54, 1.807) is 18.3 Å². The zero-order chi connectivity index (χ0) is 18.8. The fourth-order valence-corrected chi connectivity index (χ4v) is 2.94. The second-order valence-corrected chi connectivity index (χ2v) is 6.47. The number of fused-ring (bicyclic) bond motifs is 1. The monoisotopic (exact) mass is 356 g/mol. The fraction of sp³-hybridized carbons (Fsp3) is 0.0909. The zero-order valence-electron chi connectivity index (χ0n) is 15.2. The molecule has 0 aliphatic heterocycles. The molecule has 0 bridgehead atoms. The van der Waals surface area contributed by atoms with Crippen LogP contribution in [-0.4, -0.2) is 34.8 Å². The predicted octanol–water partition coefficient (Wildman–Crippen LogP) is 4.52. The third-order valence-electron chi connectivity index (χ3n) is 4.42. The van der Waals surface area contributed by atoms with Gasteiger partial charge in [0.15, 0.2) is 5.82 Å². The maximum absolute atomic E-state index is 10.0. The molecule has 0 fully saturated rings. The van der Waals surface area contributed by atoms with E-state index in [-0.39, 0.29) is 5.75 Å². The van der Waals surface area contributed by atoms with Crippen molar-refractivity contribution < 1.29 is 5.11 Å². The SMILES string of the molecule is CN(C)c1ccc(-c2nc3ccccn3c2/N=C/c2ccccc2O)cc1. The van der Waals surface area contributed by atoms with Gasteiger partial charge in [0.25, 0.3) is 0 Å². The van der Waals surface area contributed by atoms with Gasteiger partial charge in [0.2, 0.25) is 0 Å². The largest absolute Gasteiger partial charge is 0.507 e. The number of hydrogen-bond acceptors (Lipinski definition) is 4. The Morgan fingerprint density at radius 1 is 0.963 bits per heavy atom. The highest BCUT2D eigenvalue weighted by atomic mass is 16.3. The molecular formula is C22H20N4O. The highest BCUT2D eigenvalue weighted by Crippen LogP contribution is 2.32. The molecule has 0 unspecified atom stereocenters. The Morgan fingerprint density at radius 2 is 1.70 bits per heavy atom. The van der Waals surface area contributed by atoms with Crippen molar-refractivity contribution in [1.82, 2.24) is 9.38 Å². The maximum Gasteiger partial charge on any atom is 0.165 e. The minimum absolute atomic E-state index is 0.201. The fourth-order valence-electron chi connectivity index (χ4n) is 2.94. The lowest BCUT2D eigenvalue weighted by Crippen LogP contribution is -2.07. The van der Waals surface area contributed by atoms with Crippen molar-refractivity contribution in [3.8, 4) is 17.0 Å². The Labute approximate surface area is 157 Å². The molecule has 5 nitrogen and oxygen atoms in total. The van der Waals surface area contributed by atoms with Crippen LogP contribution in [0.1, 0.15) is 5.56 Å². The average molecular weight is 356 g/mol. The number of aromatic nitrogens is 2. The van der Waals surface area contributed by atoms with Gasteiger partial charge in [0.1, 0.15) is 17.1 Å². The summed E-state index contributed by atoms with van der Waals surface area (Å²) in [6.45, 7) is 0. The molecule has 27 heavy (non-hydrogen) atoms. The summed E-state index contributed by atoms with van der Waals surface area (Å²) in [5.41, 5.74) is 4.42. The number of rotatable bonds is 4. The number of nitrogens with zero attached hydrogens (tertiary/aromatic N) is 4. The number of para-hydroxylation sites is 1. The van der Waals surface area contributed by atoms with Gasteiger partial charge in [-0.1, -0.05) is 30.3 Å². The molecule has 2 aromatic heterocycles. The van der Waals surface area contributed by atoms with Gasteiger partial charge >= 0.3 is 0 Å². The number of benzene rings is 2. The summed E-state index contributed by atoms with van der Waals surface area (Å²) in [7, 11) is 4.03. The van der Waals surface area contributed by atoms with Crippen LogP contribution in [0.3, 0.4) is 0 Å². The third kappa shape index (κ3) is 3.27. The molecule has 0 radical (unpaired) electrons. The minimum Gasteiger partial charge on any atom is -0.507 e. The molecule has 0 amide bonds. The molecular weight excluding hydrogens is 336 g/mol. The van der Waals surface area contributed by atoms with Crippen LogP contribution < -0.4 is 4.90 Å². The summed E-state index contributed by atoms with van der Waals surface area (Å²) in [5.74, 6) is 0.929. The topological polar surface area (TPSA) is 53.1 Å². The molecule has 4 aromatic rings. The van der Waals surface area contributed by atoms with Gasteiger partial charge in [0, 0.05) is 43.3 Å². The van der Waals surface area contributed by atoms with Gasteiger partial charge in [-0.25, -0.2) is 9.98 Å². The lowest BCUT2D eigenvalue weighted by atomic mass is 10.1.